The summed E-state index contributed by atoms with van der Waals surface area (Å²) in [7, 11) is 0. The van der Waals surface area contributed by atoms with E-state index in [-0.39, 0.29) is 29.1 Å². The van der Waals surface area contributed by atoms with Gasteiger partial charge in [-0.3, -0.25) is 23.9 Å². The van der Waals surface area contributed by atoms with Gasteiger partial charge in [-0.25, -0.2) is 9.37 Å². The minimum Gasteiger partial charge on any atom is -0.350 e. The van der Waals surface area contributed by atoms with E-state index in [0.29, 0.717) is 0 Å². The number of hydrogen-bond acceptors (Lipinski definition) is 4. The van der Waals surface area contributed by atoms with E-state index in [2.05, 4.69) is 10.3 Å². The molecule has 3 aromatic carbocycles. The van der Waals surface area contributed by atoms with Gasteiger partial charge in [0.05, 0.1) is 23.0 Å². The van der Waals surface area contributed by atoms with Crippen LogP contribution in [-0.2, 0) is 11.3 Å². The van der Waals surface area contributed by atoms with Crippen LogP contribution in [0.4, 0.5) is 10.1 Å². The van der Waals surface area contributed by atoms with Gasteiger partial charge < -0.3 is 5.32 Å². The smallest absolute Gasteiger partial charge is 0.264 e. The zero-order valence-electron chi connectivity index (χ0n) is 17.9. The molecule has 34 heavy (non-hydrogen) atoms. The van der Waals surface area contributed by atoms with Gasteiger partial charge in [-0.2, -0.15) is 0 Å². The van der Waals surface area contributed by atoms with E-state index in [4.69, 9.17) is 0 Å². The molecule has 0 bridgehead atoms. The molecule has 8 heteroatoms. The van der Waals surface area contributed by atoms with Gasteiger partial charge in [0.25, 0.3) is 11.8 Å². The first-order valence-electron chi connectivity index (χ1n) is 10.6. The molecule has 1 N–H and O–H groups in total. The van der Waals surface area contributed by atoms with Gasteiger partial charge in [0.2, 0.25) is 5.91 Å². The third kappa shape index (κ3) is 3.75. The molecular formula is C26H19FN4O3. The molecule has 5 rings (SSSR count). The summed E-state index contributed by atoms with van der Waals surface area (Å²) in [6.07, 6.45) is 2.68. The van der Waals surface area contributed by atoms with Crippen LogP contribution in [0.15, 0.2) is 91.4 Å². The zero-order chi connectivity index (χ0) is 23.7. The van der Waals surface area contributed by atoms with Crippen molar-refractivity contribution in [2.24, 2.45) is 0 Å². The highest BCUT2D eigenvalue weighted by atomic mass is 19.1. The van der Waals surface area contributed by atoms with E-state index in [1.54, 1.807) is 24.3 Å². The Balaban J connectivity index is 1.66. The SMILES string of the molecule is O=C(NCc1ccccc1)C1c2cncn2C(=O)c2ccccc2C(=O)N1c1cccc(F)c1. The molecule has 0 saturated carbocycles. The Morgan fingerprint density at radius 3 is 2.35 bits per heavy atom. The van der Waals surface area contributed by atoms with E-state index >= 15 is 0 Å². The maximum absolute atomic E-state index is 14.2. The molecule has 1 aliphatic heterocycles. The first-order valence-corrected chi connectivity index (χ1v) is 10.6. The van der Waals surface area contributed by atoms with Crippen molar-refractivity contribution in [2.45, 2.75) is 12.6 Å². The summed E-state index contributed by atoms with van der Waals surface area (Å²) < 4.78 is 15.5. The average Bonchev–Trinajstić information content (AvgIpc) is 3.34. The number of anilines is 1. The molecule has 0 fully saturated rings. The van der Waals surface area contributed by atoms with Crippen LogP contribution in [0.5, 0.6) is 0 Å². The summed E-state index contributed by atoms with van der Waals surface area (Å²) in [5.74, 6) is -2.16. The van der Waals surface area contributed by atoms with Crippen molar-refractivity contribution >= 4 is 23.4 Å². The van der Waals surface area contributed by atoms with Gasteiger partial charge in [0, 0.05) is 12.2 Å². The summed E-state index contributed by atoms with van der Waals surface area (Å²) >= 11 is 0. The van der Waals surface area contributed by atoms with Gasteiger partial charge in [-0.05, 0) is 35.9 Å². The molecule has 1 aliphatic rings. The third-order valence-corrected chi connectivity index (χ3v) is 5.68. The summed E-state index contributed by atoms with van der Waals surface area (Å²) in [5.41, 5.74) is 1.51. The first kappa shape index (κ1) is 21.3. The fraction of sp³-hybridized carbons (Fsp3) is 0.0769. The molecule has 7 nitrogen and oxygen atoms in total. The number of carbonyl (C=O) groups is 3. The highest BCUT2D eigenvalue weighted by Gasteiger charge is 2.40. The number of nitrogens with one attached hydrogen (secondary N) is 1. The lowest BCUT2D eigenvalue weighted by Crippen LogP contribution is -2.46. The maximum Gasteiger partial charge on any atom is 0.264 e. The second-order valence-electron chi connectivity index (χ2n) is 7.80. The average molecular weight is 454 g/mol. The summed E-state index contributed by atoms with van der Waals surface area (Å²) in [6, 6.07) is 19.8. The standard InChI is InChI=1S/C26H19FN4O3/c27-18-9-6-10-19(13-18)31-23(24(32)29-14-17-7-2-1-3-8-17)22-15-28-16-30(22)25(33)20-11-4-5-12-21(20)26(31)34/h1-13,15-16,23H,14H2,(H,29,32). The Morgan fingerprint density at radius 1 is 0.912 bits per heavy atom. The van der Waals surface area contributed by atoms with Gasteiger partial charge >= 0.3 is 0 Å². The number of amides is 2. The lowest BCUT2D eigenvalue weighted by molar-refractivity contribution is -0.122. The van der Waals surface area contributed by atoms with Crippen molar-refractivity contribution in [3.63, 3.8) is 0 Å². The van der Waals surface area contributed by atoms with Crippen LogP contribution >= 0.6 is 0 Å². The monoisotopic (exact) mass is 454 g/mol. The highest BCUT2D eigenvalue weighted by molar-refractivity contribution is 6.17. The number of fused-ring (bicyclic) bond motifs is 2. The Morgan fingerprint density at radius 2 is 1.62 bits per heavy atom. The summed E-state index contributed by atoms with van der Waals surface area (Å²) in [6.45, 7) is 0.208. The van der Waals surface area contributed by atoms with Crippen molar-refractivity contribution in [2.75, 3.05) is 4.90 Å². The molecular weight excluding hydrogens is 435 g/mol. The van der Waals surface area contributed by atoms with Crippen LogP contribution in [-0.4, -0.2) is 27.3 Å². The molecule has 2 heterocycles. The summed E-state index contributed by atoms with van der Waals surface area (Å²) in [5, 5.41) is 2.84. The second kappa shape index (κ2) is 8.74. The molecule has 1 aromatic heterocycles. The number of benzene rings is 3. The van der Waals surface area contributed by atoms with Crippen molar-refractivity contribution in [1.29, 1.82) is 0 Å². The lowest BCUT2D eigenvalue weighted by Gasteiger charge is -2.33. The number of hydrogen-bond donors (Lipinski definition) is 1. The van der Waals surface area contributed by atoms with Crippen LogP contribution in [0.25, 0.3) is 0 Å². The molecule has 1 atom stereocenters. The Kier molecular flexibility index (Phi) is 5.47. The first-order chi connectivity index (χ1) is 16.5. The van der Waals surface area contributed by atoms with Crippen molar-refractivity contribution in [1.82, 2.24) is 14.9 Å². The number of halogens is 1. The van der Waals surface area contributed by atoms with Gasteiger partial charge in [-0.1, -0.05) is 48.5 Å². The van der Waals surface area contributed by atoms with E-state index in [1.807, 2.05) is 30.3 Å². The van der Waals surface area contributed by atoms with Gasteiger partial charge in [-0.15, -0.1) is 0 Å². The van der Waals surface area contributed by atoms with Crippen LogP contribution in [0.1, 0.15) is 38.0 Å². The predicted octanol–water partition coefficient (Wildman–Crippen LogP) is 3.73. The van der Waals surface area contributed by atoms with Crippen LogP contribution in [0.2, 0.25) is 0 Å². The number of carbonyl (C=O) groups excluding carboxylic acids is 3. The molecule has 4 aromatic rings. The number of rotatable bonds is 4. The largest absolute Gasteiger partial charge is 0.350 e. The van der Waals surface area contributed by atoms with Gasteiger partial charge in [0.1, 0.15) is 12.1 Å². The van der Waals surface area contributed by atoms with Gasteiger partial charge in [0.15, 0.2) is 6.04 Å². The van der Waals surface area contributed by atoms with E-state index in [1.165, 1.54) is 46.3 Å². The van der Waals surface area contributed by atoms with E-state index < -0.39 is 29.6 Å². The fourth-order valence-corrected chi connectivity index (χ4v) is 4.07. The zero-order valence-corrected chi connectivity index (χ0v) is 17.9. The molecule has 0 aliphatic carbocycles. The van der Waals surface area contributed by atoms with E-state index in [0.717, 1.165) is 5.56 Å². The summed E-state index contributed by atoms with van der Waals surface area (Å²) in [4.78, 5) is 46.0. The second-order valence-corrected chi connectivity index (χ2v) is 7.80. The van der Waals surface area contributed by atoms with Crippen LogP contribution in [0, 0.1) is 5.82 Å². The number of aromatic nitrogens is 2. The van der Waals surface area contributed by atoms with Crippen LogP contribution in [0.3, 0.4) is 0 Å². The maximum atomic E-state index is 14.2. The molecule has 0 spiro atoms. The molecule has 2 amide bonds. The molecule has 168 valence electrons. The van der Waals surface area contributed by atoms with Crippen molar-refractivity contribution in [3.8, 4) is 0 Å². The Bertz CT molecular complexity index is 1400. The van der Waals surface area contributed by atoms with Crippen LogP contribution < -0.4 is 10.2 Å². The molecule has 0 radical (unpaired) electrons. The fourth-order valence-electron chi connectivity index (χ4n) is 4.07. The minimum atomic E-state index is -1.27. The predicted molar refractivity (Wildman–Crippen MR) is 123 cm³/mol. The number of imidazole rings is 1. The Labute approximate surface area is 194 Å². The minimum absolute atomic E-state index is 0.108. The van der Waals surface area contributed by atoms with Crippen molar-refractivity contribution in [3.05, 3.63) is 120 Å². The Hall–Kier alpha value is -4.59. The quantitative estimate of drug-likeness (QED) is 0.509. The molecule has 1 unspecified atom stereocenters. The molecule has 0 saturated heterocycles. The third-order valence-electron chi connectivity index (χ3n) is 5.68. The number of nitrogens with zero attached hydrogens (tertiary/aromatic N) is 3. The normalized spacial score (nSPS) is 15.2. The topological polar surface area (TPSA) is 84.3 Å². The highest BCUT2D eigenvalue weighted by Crippen LogP contribution is 2.33. The van der Waals surface area contributed by atoms with E-state index in [9.17, 15) is 18.8 Å². The lowest BCUT2D eigenvalue weighted by atomic mass is 10.00. The van der Waals surface area contributed by atoms with Crippen molar-refractivity contribution < 1.29 is 18.8 Å².